The highest BCUT2D eigenvalue weighted by Crippen LogP contribution is 2.36. The maximum atomic E-state index is 10.2. The van der Waals surface area contributed by atoms with Crippen LogP contribution in [0.1, 0.15) is 5.56 Å². The number of rotatable bonds is 3. The van der Waals surface area contributed by atoms with Gasteiger partial charge < -0.3 is 4.52 Å². The SMILES string of the molecule is O=P(O)(O)OC=Cc1ccncc1. The van der Waals surface area contributed by atoms with E-state index in [1.807, 2.05) is 0 Å². The summed E-state index contributed by atoms with van der Waals surface area (Å²) in [5.74, 6) is 0. The molecule has 0 amide bonds. The second-order valence-corrected chi connectivity index (χ2v) is 3.37. The molecule has 0 bridgehead atoms. The van der Waals surface area contributed by atoms with Crippen LogP contribution in [-0.4, -0.2) is 14.8 Å². The highest BCUT2D eigenvalue weighted by atomic mass is 31.2. The summed E-state index contributed by atoms with van der Waals surface area (Å²) in [6, 6.07) is 3.36. The van der Waals surface area contributed by atoms with E-state index < -0.39 is 7.82 Å². The molecular formula is C7H8NO4P. The molecule has 13 heavy (non-hydrogen) atoms. The van der Waals surface area contributed by atoms with E-state index in [-0.39, 0.29) is 0 Å². The van der Waals surface area contributed by atoms with E-state index in [1.54, 1.807) is 24.5 Å². The number of hydrogen-bond donors (Lipinski definition) is 2. The predicted octanol–water partition coefficient (Wildman–Crippen LogP) is 1.16. The van der Waals surface area contributed by atoms with Crippen LogP contribution in [0.15, 0.2) is 30.8 Å². The number of phosphoric ester groups is 1. The quantitative estimate of drug-likeness (QED) is 0.566. The van der Waals surface area contributed by atoms with Crippen molar-refractivity contribution >= 4 is 13.9 Å². The first-order chi connectivity index (χ1) is 6.08. The van der Waals surface area contributed by atoms with Crippen LogP contribution >= 0.6 is 7.82 Å². The second kappa shape index (κ2) is 4.18. The Kier molecular flexibility index (Phi) is 3.19. The normalized spacial score (nSPS) is 11.8. The molecule has 0 aliphatic rings. The van der Waals surface area contributed by atoms with Gasteiger partial charge in [0.2, 0.25) is 0 Å². The van der Waals surface area contributed by atoms with E-state index in [0.717, 1.165) is 11.8 Å². The largest absolute Gasteiger partial charge is 0.524 e. The van der Waals surface area contributed by atoms with E-state index in [2.05, 4.69) is 9.51 Å². The van der Waals surface area contributed by atoms with Gasteiger partial charge in [-0.05, 0) is 23.8 Å². The summed E-state index contributed by atoms with van der Waals surface area (Å²) in [5.41, 5.74) is 0.753. The third-order valence-electron chi connectivity index (χ3n) is 1.16. The molecule has 0 spiro atoms. The number of aromatic nitrogens is 1. The molecule has 0 unspecified atom stereocenters. The molecule has 0 saturated heterocycles. The van der Waals surface area contributed by atoms with Crippen molar-refractivity contribution in [3.05, 3.63) is 36.4 Å². The minimum atomic E-state index is -4.41. The average molecular weight is 201 g/mol. The van der Waals surface area contributed by atoms with Crippen molar-refractivity contribution in [1.82, 2.24) is 4.98 Å². The lowest BCUT2D eigenvalue weighted by molar-refractivity contribution is 0.259. The molecule has 0 radical (unpaired) electrons. The molecule has 0 aromatic carbocycles. The Morgan fingerprint density at radius 2 is 2.00 bits per heavy atom. The summed E-state index contributed by atoms with van der Waals surface area (Å²) in [4.78, 5) is 20.4. The zero-order valence-corrected chi connectivity index (χ0v) is 7.46. The van der Waals surface area contributed by atoms with Crippen molar-refractivity contribution in [3.63, 3.8) is 0 Å². The summed E-state index contributed by atoms with van der Waals surface area (Å²) in [6.45, 7) is 0. The molecule has 6 heteroatoms. The molecule has 1 heterocycles. The van der Waals surface area contributed by atoms with Gasteiger partial charge in [-0.3, -0.25) is 14.8 Å². The van der Waals surface area contributed by atoms with Crippen LogP contribution in [0, 0.1) is 0 Å². The fraction of sp³-hybridized carbons (Fsp3) is 0. The number of pyridine rings is 1. The molecule has 0 atom stereocenters. The summed E-state index contributed by atoms with van der Waals surface area (Å²) < 4.78 is 14.3. The lowest BCUT2D eigenvalue weighted by Gasteiger charge is -1.99. The Labute approximate surface area is 74.9 Å². The van der Waals surface area contributed by atoms with Crippen LogP contribution in [0.5, 0.6) is 0 Å². The van der Waals surface area contributed by atoms with Crippen LogP contribution in [0.2, 0.25) is 0 Å². The van der Waals surface area contributed by atoms with Gasteiger partial charge in [0.15, 0.2) is 0 Å². The van der Waals surface area contributed by atoms with E-state index in [1.165, 1.54) is 6.08 Å². The fourth-order valence-electron chi connectivity index (χ4n) is 0.663. The molecule has 0 fully saturated rings. The van der Waals surface area contributed by atoms with Gasteiger partial charge in [-0.25, -0.2) is 4.57 Å². The van der Waals surface area contributed by atoms with Crippen LogP contribution in [0.25, 0.3) is 6.08 Å². The Morgan fingerprint density at radius 3 is 2.54 bits per heavy atom. The Balaban J connectivity index is 2.56. The standard InChI is InChI=1S/C7H8NO4P/c9-13(10,11)12-6-3-7-1-4-8-5-2-7/h1-6H,(H2,9,10,11). The molecule has 0 aliphatic carbocycles. The van der Waals surface area contributed by atoms with E-state index in [4.69, 9.17) is 9.79 Å². The maximum absolute atomic E-state index is 10.2. The van der Waals surface area contributed by atoms with Gasteiger partial charge in [0.05, 0.1) is 6.26 Å². The monoisotopic (exact) mass is 201 g/mol. The second-order valence-electron chi connectivity index (χ2n) is 2.18. The summed E-state index contributed by atoms with van der Waals surface area (Å²) >= 11 is 0. The summed E-state index contributed by atoms with van der Waals surface area (Å²) in [7, 11) is -4.41. The zero-order chi connectivity index (χ0) is 9.73. The van der Waals surface area contributed by atoms with Gasteiger partial charge in [0.1, 0.15) is 0 Å². The minimum Gasteiger partial charge on any atom is -0.412 e. The van der Waals surface area contributed by atoms with Gasteiger partial charge >= 0.3 is 7.82 Å². The van der Waals surface area contributed by atoms with Crippen molar-refractivity contribution in [3.8, 4) is 0 Å². The van der Waals surface area contributed by atoms with Crippen LogP contribution in [0.3, 0.4) is 0 Å². The van der Waals surface area contributed by atoms with Gasteiger partial charge in [0.25, 0.3) is 0 Å². The fourth-order valence-corrected chi connectivity index (χ4v) is 0.882. The topological polar surface area (TPSA) is 79.7 Å². The molecule has 0 aliphatic heterocycles. The van der Waals surface area contributed by atoms with Gasteiger partial charge in [0, 0.05) is 12.4 Å². The Hall–Kier alpha value is -1.16. The third-order valence-corrected chi connectivity index (χ3v) is 1.56. The Bertz CT molecular complexity index is 332. The number of phosphoric acid groups is 1. The molecular weight excluding hydrogens is 193 g/mol. The molecule has 1 aromatic heterocycles. The molecule has 5 nitrogen and oxygen atoms in total. The zero-order valence-electron chi connectivity index (χ0n) is 6.57. The van der Waals surface area contributed by atoms with Crippen LogP contribution in [-0.2, 0) is 9.09 Å². The molecule has 0 saturated carbocycles. The predicted molar refractivity (Wildman–Crippen MR) is 46.4 cm³/mol. The maximum Gasteiger partial charge on any atom is 0.524 e. The first-order valence-corrected chi connectivity index (χ1v) is 4.91. The highest BCUT2D eigenvalue weighted by molar-refractivity contribution is 7.46. The van der Waals surface area contributed by atoms with Crippen molar-refractivity contribution in [2.75, 3.05) is 0 Å². The van der Waals surface area contributed by atoms with Crippen molar-refractivity contribution in [1.29, 1.82) is 0 Å². The third kappa shape index (κ3) is 4.42. The van der Waals surface area contributed by atoms with Crippen molar-refractivity contribution in [2.24, 2.45) is 0 Å². The lowest BCUT2D eigenvalue weighted by atomic mass is 10.3. The first-order valence-electron chi connectivity index (χ1n) is 3.38. The Morgan fingerprint density at radius 1 is 1.38 bits per heavy atom. The van der Waals surface area contributed by atoms with Gasteiger partial charge in [-0.2, -0.15) is 0 Å². The molecule has 1 aromatic rings. The number of hydrogen-bond acceptors (Lipinski definition) is 3. The molecule has 1 rings (SSSR count). The van der Waals surface area contributed by atoms with Crippen LogP contribution < -0.4 is 0 Å². The highest BCUT2D eigenvalue weighted by Gasteiger charge is 2.10. The van der Waals surface area contributed by atoms with Gasteiger partial charge in [-0.15, -0.1) is 0 Å². The summed E-state index contributed by atoms with van der Waals surface area (Å²) in [6.07, 6.45) is 5.52. The van der Waals surface area contributed by atoms with E-state index >= 15 is 0 Å². The van der Waals surface area contributed by atoms with Crippen molar-refractivity contribution < 1.29 is 18.9 Å². The first kappa shape index (κ1) is 9.92. The molecule has 70 valence electrons. The lowest BCUT2D eigenvalue weighted by Crippen LogP contribution is -1.78. The average Bonchev–Trinajstić information content (AvgIpc) is 2.04. The van der Waals surface area contributed by atoms with Crippen LogP contribution in [0.4, 0.5) is 0 Å². The minimum absolute atomic E-state index is 0.753. The van der Waals surface area contributed by atoms with Crippen molar-refractivity contribution in [2.45, 2.75) is 0 Å². The summed E-state index contributed by atoms with van der Waals surface area (Å²) in [5, 5.41) is 0. The van der Waals surface area contributed by atoms with E-state index in [9.17, 15) is 4.57 Å². The molecule has 2 N–H and O–H groups in total. The van der Waals surface area contributed by atoms with E-state index in [0.29, 0.717) is 0 Å². The van der Waals surface area contributed by atoms with Gasteiger partial charge in [-0.1, -0.05) is 0 Å². The smallest absolute Gasteiger partial charge is 0.412 e. The number of nitrogens with zero attached hydrogens (tertiary/aromatic N) is 1.